The minimum Gasteiger partial charge on any atom is -0.468 e. The molecule has 0 amide bonds. The molecule has 0 aromatic heterocycles. The Balaban J connectivity index is 2.83. The second-order valence-electron chi connectivity index (χ2n) is 2.44. The zero-order valence-electron chi connectivity index (χ0n) is 6.96. The Bertz CT molecular complexity index is 297. The Morgan fingerprint density at radius 3 is 2.46 bits per heavy atom. The van der Waals surface area contributed by atoms with Crippen molar-refractivity contribution in [3.05, 3.63) is 33.4 Å². The van der Waals surface area contributed by atoms with Gasteiger partial charge in [0.1, 0.15) is 0 Å². The molecule has 4 heteroatoms. The summed E-state index contributed by atoms with van der Waals surface area (Å²) >= 11 is 8.02. The lowest BCUT2D eigenvalue weighted by Gasteiger charge is -2.06. The van der Waals surface area contributed by atoms with E-state index >= 15 is 0 Å². The summed E-state index contributed by atoms with van der Waals surface area (Å²) in [4.78, 5) is 11.0. The summed E-state index contributed by atoms with van der Waals surface area (Å²) in [7, 11) is 1.32. The smallest absolute Gasteiger partial charge is 0.328 e. The summed E-state index contributed by atoms with van der Waals surface area (Å²) in [6.45, 7) is 0. The van der Waals surface area contributed by atoms with Crippen molar-refractivity contribution < 1.29 is 9.53 Å². The van der Waals surface area contributed by atoms with Crippen molar-refractivity contribution in [1.82, 2.24) is 0 Å². The standard InChI is InChI=1S/C9H8ClIO2/c1-13-9(12)8(10)6-2-4-7(11)5-3-6/h2-5,8H,1H3. The molecule has 0 heterocycles. The van der Waals surface area contributed by atoms with E-state index in [2.05, 4.69) is 27.3 Å². The van der Waals surface area contributed by atoms with E-state index in [1.54, 1.807) is 0 Å². The van der Waals surface area contributed by atoms with Crippen LogP contribution in [-0.2, 0) is 9.53 Å². The van der Waals surface area contributed by atoms with E-state index in [0.29, 0.717) is 0 Å². The second-order valence-corrected chi connectivity index (χ2v) is 4.12. The van der Waals surface area contributed by atoms with Crippen LogP contribution in [0.15, 0.2) is 24.3 Å². The molecule has 0 saturated heterocycles. The van der Waals surface area contributed by atoms with Gasteiger partial charge in [0.25, 0.3) is 0 Å². The molecule has 1 atom stereocenters. The van der Waals surface area contributed by atoms with Crippen molar-refractivity contribution in [1.29, 1.82) is 0 Å². The van der Waals surface area contributed by atoms with E-state index in [-0.39, 0.29) is 0 Å². The lowest BCUT2D eigenvalue weighted by atomic mass is 10.1. The number of hydrogen-bond acceptors (Lipinski definition) is 2. The quantitative estimate of drug-likeness (QED) is 0.477. The Hall–Kier alpha value is -0.290. The highest BCUT2D eigenvalue weighted by Crippen LogP contribution is 2.22. The number of halogens is 2. The maximum atomic E-state index is 11.0. The predicted octanol–water partition coefficient (Wildman–Crippen LogP) is 2.74. The molecule has 1 rings (SSSR count). The first kappa shape index (κ1) is 10.8. The molecule has 2 nitrogen and oxygen atoms in total. The van der Waals surface area contributed by atoms with Crippen LogP contribution in [0.1, 0.15) is 10.9 Å². The van der Waals surface area contributed by atoms with Crippen molar-refractivity contribution in [3.63, 3.8) is 0 Å². The van der Waals surface area contributed by atoms with Crippen LogP contribution in [0.4, 0.5) is 0 Å². The number of hydrogen-bond donors (Lipinski definition) is 0. The lowest BCUT2D eigenvalue weighted by molar-refractivity contribution is -0.140. The Kier molecular flexibility index (Phi) is 3.99. The minimum atomic E-state index is -0.706. The van der Waals surface area contributed by atoms with Gasteiger partial charge >= 0.3 is 5.97 Å². The van der Waals surface area contributed by atoms with Crippen LogP contribution in [0, 0.1) is 3.57 Å². The van der Waals surface area contributed by atoms with Gasteiger partial charge in [-0.1, -0.05) is 12.1 Å². The number of ether oxygens (including phenoxy) is 1. The van der Waals surface area contributed by atoms with Gasteiger partial charge in [-0.3, -0.25) is 4.79 Å². The first-order valence-electron chi connectivity index (χ1n) is 3.62. The van der Waals surface area contributed by atoms with Gasteiger partial charge in [-0.15, -0.1) is 11.6 Å². The third-order valence-corrected chi connectivity index (χ3v) is 2.72. The molecule has 0 aliphatic heterocycles. The maximum absolute atomic E-state index is 11.0. The fourth-order valence-electron chi connectivity index (χ4n) is 0.871. The number of carbonyl (C=O) groups excluding carboxylic acids is 1. The molecule has 0 bridgehead atoms. The average molecular weight is 311 g/mol. The fraction of sp³-hybridized carbons (Fsp3) is 0.222. The SMILES string of the molecule is COC(=O)C(Cl)c1ccc(I)cc1. The highest BCUT2D eigenvalue weighted by molar-refractivity contribution is 14.1. The second kappa shape index (κ2) is 4.81. The molecular weight excluding hydrogens is 302 g/mol. The number of carbonyl (C=O) groups is 1. The highest BCUT2D eigenvalue weighted by Gasteiger charge is 2.17. The summed E-state index contributed by atoms with van der Waals surface area (Å²) < 4.78 is 5.63. The Labute approximate surface area is 95.4 Å². The van der Waals surface area contributed by atoms with Gasteiger partial charge in [0, 0.05) is 3.57 Å². The zero-order valence-corrected chi connectivity index (χ0v) is 9.87. The topological polar surface area (TPSA) is 26.3 Å². The van der Waals surface area contributed by atoms with Crippen LogP contribution in [0.2, 0.25) is 0 Å². The lowest BCUT2D eigenvalue weighted by Crippen LogP contribution is -2.08. The molecule has 1 aromatic carbocycles. The third-order valence-electron chi connectivity index (χ3n) is 1.57. The van der Waals surface area contributed by atoms with Crippen molar-refractivity contribution in [2.75, 3.05) is 7.11 Å². The Morgan fingerprint density at radius 1 is 1.46 bits per heavy atom. The number of esters is 1. The van der Waals surface area contributed by atoms with Crippen LogP contribution in [-0.4, -0.2) is 13.1 Å². The highest BCUT2D eigenvalue weighted by atomic mass is 127. The molecule has 0 saturated carbocycles. The van der Waals surface area contributed by atoms with Crippen LogP contribution < -0.4 is 0 Å². The number of methoxy groups -OCH3 is 1. The van der Waals surface area contributed by atoms with Crippen molar-refractivity contribution in [2.24, 2.45) is 0 Å². The monoisotopic (exact) mass is 310 g/mol. The zero-order chi connectivity index (χ0) is 9.84. The average Bonchev–Trinajstić information content (AvgIpc) is 2.17. The molecule has 0 fully saturated rings. The van der Waals surface area contributed by atoms with Gasteiger partial charge in [0.2, 0.25) is 0 Å². The number of rotatable bonds is 2. The molecule has 0 aliphatic rings. The molecule has 0 spiro atoms. The van der Waals surface area contributed by atoms with Gasteiger partial charge in [-0.2, -0.15) is 0 Å². The first-order valence-corrected chi connectivity index (χ1v) is 5.14. The molecule has 0 aliphatic carbocycles. The molecule has 0 N–H and O–H groups in total. The van der Waals surface area contributed by atoms with Crippen molar-refractivity contribution >= 4 is 40.2 Å². The number of benzene rings is 1. The molecule has 13 heavy (non-hydrogen) atoms. The van der Waals surface area contributed by atoms with E-state index in [9.17, 15) is 4.79 Å². The van der Waals surface area contributed by atoms with Gasteiger partial charge in [0.05, 0.1) is 7.11 Å². The molecule has 0 radical (unpaired) electrons. The van der Waals surface area contributed by atoms with E-state index in [0.717, 1.165) is 9.13 Å². The third kappa shape index (κ3) is 2.84. The van der Waals surface area contributed by atoms with E-state index in [4.69, 9.17) is 11.6 Å². The van der Waals surface area contributed by atoms with Gasteiger partial charge in [-0.25, -0.2) is 0 Å². The van der Waals surface area contributed by atoms with E-state index < -0.39 is 11.3 Å². The molecular formula is C9H8ClIO2. The van der Waals surface area contributed by atoms with Crippen LogP contribution >= 0.6 is 34.2 Å². The molecule has 1 unspecified atom stereocenters. The van der Waals surface area contributed by atoms with E-state index in [1.807, 2.05) is 24.3 Å². The summed E-state index contributed by atoms with van der Waals surface area (Å²) in [5, 5.41) is -0.706. The summed E-state index contributed by atoms with van der Waals surface area (Å²) in [6.07, 6.45) is 0. The van der Waals surface area contributed by atoms with Crippen LogP contribution in [0.25, 0.3) is 0 Å². The van der Waals surface area contributed by atoms with Gasteiger partial charge < -0.3 is 4.74 Å². The largest absolute Gasteiger partial charge is 0.468 e. The first-order chi connectivity index (χ1) is 6.15. The van der Waals surface area contributed by atoms with Gasteiger partial charge in [0.15, 0.2) is 5.38 Å². The minimum absolute atomic E-state index is 0.428. The molecule has 1 aromatic rings. The summed E-state index contributed by atoms with van der Waals surface area (Å²) in [6, 6.07) is 7.43. The van der Waals surface area contributed by atoms with Crippen molar-refractivity contribution in [3.8, 4) is 0 Å². The van der Waals surface area contributed by atoms with Crippen LogP contribution in [0.3, 0.4) is 0 Å². The van der Waals surface area contributed by atoms with Gasteiger partial charge in [-0.05, 0) is 40.3 Å². The summed E-state index contributed by atoms with van der Waals surface area (Å²) in [5.74, 6) is -0.428. The number of alkyl halides is 1. The fourth-order valence-corrected chi connectivity index (χ4v) is 1.47. The molecule has 70 valence electrons. The van der Waals surface area contributed by atoms with Crippen molar-refractivity contribution in [2.45, 2.75) is 5.38 Å². The van der Waals surface area contributed by atoms with E-state index in [1.165, 1.54) is 7.11 Å². The predicted molar refractivity (Wildman–Crippen MR) is 59.8 cm³/mol. The summed E-state index contributed by atoms with van der Waals surface area (Å²) in [5.41, 5.74) is 0.758. The van der Waals surface area contributed by atoms with Crippen LogP contribution in [0.5, 0.6) is 0 Å². The maximum Gasteiger partial charge on any atom is 0.328 e. The normalized spacial score (nSPS) is 12.2. The Morgan fingerprint density at radius 2 is 2.00 bits per heavy atom.